The fourth-order valence-corrected chi connectivity index (χ4v) is 2.83. The van der Waals surface area contributed by atoms with Crippen molar-refractivity contribution in [2.45, 2.75) is 0 Å². The van der Waals surface area contributed by atoms with Crippen LogP contribution in [0.1, 0.15) is 11.3 Å². The van der Waals surface area contributed by atoms with Crippen LogP contribution in [0.4, 0.5) is 9.18 Å². The van der Waals surface area contributed by atoms with Crippen LogP contribution in [0.3, 0.4) is 0 Å². The van der Waals surface area contributed by atoms with Crippen LogP contribution in [0.5, 0.6) is 0 Å². The number of fused-ring (bicyclic) bond motifs is 2. The van der Waals surface area contributed by atoms with Crippen molar-refractivity contribution in [2.75, 3.05) is 0 Å². The minimum atomic E-state index is -0.763. The minimum Gasteiger partial charge on any atom is -0.350 e. The monoisotopic (exact) mass is 330 g/mol. The third kappa shape index (κ3) is 2.76. The van der Waals surface area contributed by atoms with Crippen LogP contribution in [-0.4, -0.2) is 15.8 Å². The van der Waals surface area contributed by atoms with E-state index >= 15 is 0 Å². The molecular formula is C20H13FN3O. The van der Waals surface area contributed by atoms with Crippen LogP contribution in [-0.2, 0) is 0 Å². The number of aromatic nitrogens is 2. The first-order valence-electron chi connectivity index (χ1n) is 7.68. The van der Waals surface area contributed by atoms with Gasteiger partial charge >= 0.3 is 6.03 Å². The molecule has 1 aromatic heterocycles. The SMILES string of the molecule is NC(=O)n1nc(/C=C/c2ccc3ccccc3c2)c2c[c]c(F)cc21. The number of hydrogen-bond donors (Lipinski definition) is 1. The van der Waals surface area contributed by atoms with E-state index in [0.717, 1.165) is 21.0 Å². The summed E-state index contributed by atoms with van der Waals surface area (Å²) < 4.78 is 14.4. The number of nitrogens with two attached hydrogens (primary N) is 1. The molecule has 1 amide bonds. The number of amides is 1. The fourth-order valence-electron chi connectivity index (χ4n) is 2.83. The highest BCUT2D eigenvalue weighted by Crippen LogP contribution is 2.22. The van der Waals surface area contributed by atoms with E-state index < -0.39 is 11.8 Å². The Balaban J connectivity index is 1.78. The Morgan fingerprint density at radius 1 is 1.12 bits per heavy atom. The van der Waals surface area contributed by atoms with Crippen molar-refractivity contribution in [2.24, 2.45) is 5.73 Å². The van der Waals surface area contributed by atoms with Crippen LogP contribution < -0.4 is 5.73 Å². The van der Waals surface area contributed by atoms with Crippen molar-refractivity contribution in [1.29, 1.82) is 0 Å². The van der Waals surface area contributed by atoms with Gasteiger partial charge in [-0.05, 0) is 34.5 Å². The van der Waals surface area contributed by atoms with Gasteiger partial charge in [0.15, 0.2) is 0 Å². The standard InChI is InChI=1S/C20H13FN3O/c21-16-8-9-17-18(23-24(20(22)25)19(17)12-16)10-6-13-5-7-14-3-1-2-4-15(14)11-13/h1-7,9-12H,(H2,22,25)/b10-6+. The van der Waals surface area contributed by atoms with Crippen molar-refractivity contribution in [1.82, 2.24) is 9.78 Å². The summed E-state index contributed by atoms with van der Waals surface area (Å²) in [5, 5.41) is 7.08. The number of nitrogens with zero attached hydrogens (tertiary/aromatic N) is 2. The second-order valence-corrected chi connectivity index (χ2v) is 5.66. The van der Waals surface area contributed by atoms with Crippen LogP contribution in [0.15, 0.2) is 54.6 Å². The van der Waals surface area contributed by atoms with E-state index in [1.54, 1.807) is 6.08 Å². The Bertz CT molecular complexity index is 1140. The summed E-state index contributed by atoms with van der Waals surface area (Å²) in [5.74, 6) is -0.569. The first-order valence-corrected chi connectivity index (χ1v) is 7.68. The van der Waals surface area contributed by atoms with Crippen LogP contribution in [0.2, 0.25) is 0 Å². The van der Waals surface area contributed by atoms with E-state index in [1.807, 2.05) is 36.4 Å². The minimum absolute atomic E-state index is 0.321. The summed E-state index contributed by atoms with van der Waals surface area (Å²) in [5.41, 5.74) is 7.16. The molecule has 0 spiro atoms. The molecule has 0 aliphatic carbocycles. The van der Waals surface area contributed by atoms with Crippen LogP contribution in [0.25, 0.3) is 33.8 Å². The Hall–Kier alpha value is -3.47. The molecule has 0 fully saturated rings. The zero-order valence-corrected chi connectivity index (χ0v) is 13.1. The van der Waals surface area contributed by atoms with E-state index in [1.165, 1.54) is 12.1 Å². The zero-order valence-electron chi connectivity index (χ0n) is 13.1. The molecule has 0 unspecified atom stereocenters. The van der Waals surface area contributed by atoms with Gasteiger partial charge in [0.1, 0.15) is 5.82 Å². The molecule has 5 heteroatoms. The highest BCUT2D eigenvalue weighted by atomic mass is 19.1. The van der Waals surface area contributed by atoms with Crippen LogP contribution >= 0.6 is 0 Å². The molecule has 1 heterocycles. The molecule has 0 saturated heterocycles. The van der Waals surface area contributed by atoms with Gasteiger partial charge < -0.3 is 5.73 Å². The molecule has 0 atom stereocenters. The highest BCUT2D eigenvalue weighted by Gasteiger charge is 2.12. The second-order valence-electron chi connectivity index (χ2n) is 5.66. The lowest BCUT2D eigenvalue weighted by atomic mass is 10.1. The Morgan fingerprint density at radius 3 is 2.72 bits per heavy atom. The van der Waals surface area contributed by atoms with Crippen LogP contribution in [0, 0.1) is 11.9 Å². The molecule has 1 radical (unpaired) electrons. The van der Waals surface area contributed by atoms with Gasteiger partial charge in [0, 0.05) is 17.5 Å². The van der Waals surface area contributed by atoms with E-state index in [4.69, 9.17) is 5.73 Å². The smallest absolute Gasteiger partial charge is 0.340 e. The van der Waals surface area contributed by atoms with E-state index in [2.05, 4.69) is 23.3 Å². The number of carbonyl (C=O) groups is 1. The van der Waals surface area contributed by atoms with Gasteiger partial charge in [-0.1, -0.05) is 42.5 Å². The number of rotatable bonds is 2. The summed E-state index contributed by atoms with van der Waals surface area (Å²) in [6, 6.07) is 18.6. The lowest BCUT2D eigenvalue weighted by Gasteiger charge is -1.98. The number of benzene rings is 3. The molecule has 0 saturated carbocycles. The van der Waals surface area contributed by atoms with Crippen molar-refractivity contribution in [3.8, 4) is 0 Å². The van der Waals surface area contributed by atoms with Crippen molar-refractivity contribution in [3.63, 3.8) is 0 Å². The molecule has 25 heavy (non-hydrogen) atoms. The number of hydrogen-bond acceptors (Lipinski definition) is 2. The Kier molecular flexibility index (Phi) is 3.54. The molecule has 3 aromatic carbocycles. The maximum absolute atomic E-state index is 13.4. The van der Waals surface area contributed by atoms with Crippen molar-refractivity contribution < 1.29 is 9.18 Å². The van der Waals surface area contributed by atoms with Gasteiger partial charge in [0.2, 0.25) is 0 Å². The maximum atomic E-state index is 13.4. The first kappa shape index (κ1) is 15.1. The van der Waals surface area contributed by atoms with Gasteiger partial charge in [-0.25, -0.2) is 9.18 Å². The molecule has 4 rings (SSSR count). The predicted octanol–water partition coefficient (Wildman–Crippen LogP) is 4.23. The summed E-state index contributed by atoms with van der Waals surface area (Å²) in [6.07, 6.45) is 3.67. The molecular weight excluding hydrogens is 317 g/mol. The normalized spacial score (nSPS) is 11.6. The molecule has 4 aromatic rings. The zero-order chi connectivity index (χ0) is 17.4. The van der Waals surface area contributed by atoms with Crippen molar-refractivity contribution in [3.05, 3.63) is 77.7 Å². The van der Waals surface area contributed by atoms with E-state index in [9.17, 15) is 9.18 Å². The second kappa shape index (κ2) is 5.87. The summed E-state index contributed by atoms with van der Waals surface area (Å²) >= 11 is 0. The Labute approximate surface area is 143 Å². The number of primary amides is 1. The van der Waals surface area contributed by atoms with Gasteiger partial charge in [-0.2, -0.15) is 9.78 Å². The van der Waals surface area contributed by atoms with E-state index in [-0.39, 0.29) is 0 Å². The van der Waals surface area contributed by atoms with Gasteiger partial charge in [-0.15, -0.1) is 0 Å². The first-order chi connectivity index (χ1) is 12.1. The molecule has 0 aliphatic rings. The lowest BCUT2D eigenvalue weighted by molar-refractivity contribution is 0.248. The average molecular weight is 330 g/mol. The molecule has 0 bridgehead atoms. The molecule has 4 nitrogen and oxygen atoms in total. The largest absolute Gasteiger partial charge is 0.350 e. The number of carbonyl (C=O) groups excluding carboxylic acids is 1. The predicted molar refractivity (Wildman–Crippen MR) is 96.4 cm³/mol. The number of halogens is 1. The average Bonchev–Trinajstić information content (AvgIpc) is 2.98. The third-order valence-corrected chi connectivity index (χ3v) is 4.02. The third-order valence-electron chi connectivity index (χ3n) is 4.02. The summed E-state index contributed by atoms with van der Waals surface area (Å²) in [6.45, 7) is 0. The molecule has 0 aliphatic heterocycles. The van der Waals surface area contributed by atoms with Gasteiger partial charge in [-0.3, -0.25) is 0 Å². The summed E-state index contributed by atoms with van der Waals surface area (Å²) in [7, 11) is 0. The van der Waals surface area contributed by atoms with Gasteiger partial charge in [0.25, 0.3) is 0 Å². The maximum Gasteiger partial charge on any atom is 0.340 e. The molecule has 2 N–H and O–H groups in total. The van der Waals surface area contributed by atoms with E-state index in [0.29, 0.717) is 16.6 Å². The quantitative estimate of drug-likeness (QED) is 0.598. The summed E-state index contributed by atoms with van der Waals surface area (Å²) in [4.78, 5) is 11.5. The highest BCUT2D eigenvalue weighted by molar-refractivity contribution is 5.95. The van der Waals surface area contributed by atoms with Crippen molar-refractivity contribution >= 4 is 39.9 Å². The fraction of sp³-hybridized carbons (Fsp3) is 0. The molecule has 121 valence electrons. The Morgan fingerprint density at radius 2 is 1.92 bits per heavy atom. The van der Waals surface area contributed by atoms with Gasteiger partial charge in [0.05, 0.1) is 11.2 Å². The lowest BCUT2D eigenvalue weighted by Crippen LogP contribution is -2.20. The topological polar surface area (TPSA) is 60.9 Å².